The Labute approximate surface area is 197 Å². The highest BCUT2D eigenvalue weighted by atomic mass is 16.5. The van der Waals surface area contributed by atoms with Crippen molar-refractivity contribution < 1.29 is 33.8 Å². The molecule has 0 radical (unpaired) electrons. The Morgan fingerprint density at radius 3 is 2.12 bits per heavy atom. The van der Waals surface area contributed by atoms with E-state index in [9.17, 15) is 24.3 Å². The van der Waals surface area contributed by atoms with E-state index in [1.54, 1.807) is 6.92 Å². The second kappa shape index (κ2) is 11.3. The molecule has 3 rings (SSSR count). The number of ether oxygens (including phenoxy) is 2. The summed E-state index contributed by atoms with van der Waals surface area (Å²) in [5.41, 5.74) is 4.43. The number of carboxylic acid groups (broad SMARTS) is 1. The molecule has 9 nitrogen and oxygen atoms in total. The Morgan fingerprint density at radius 1 is 0.971 bits per heavy atom. The van der Waals surface area contributed by atoms with Crippen LogP contribution >= 0.6 is 0 Å². The predicted octanol–water partition coefficient (Wildman–Crippen LogP) is 2.83. The van der Waals surface area contributed by atoms with Gasteiger partial charge in [0.15, 0.2) is 0 Å². The van der Waals surface area contributed by atoms with E-state index in [1.165, 1.54) is 7.11 Å². The lowest BCUT2D eigenvalue weighted by Crippen LogP contribution is -2.44. The molecule has 2 aromatic rings. The topological polar surface area (TPSA) is 131 Å². The van der Waals surface area contributed by atoms with Gasteiger partial charge < -0.3 is 25.2 Å². The average molecular weight is 469 g/mol. The largest absolute Gasteiger partial charge is 0.480 e. The second-order valence-corrected chi connectivity index (χ2v) is 8.15. The molecule has 2 atom stereocenters. The third kappa shape index (κ3) is 6.12. The fourth-order valence-corrected chi connectivity index (χ4v) is 4.05. The van der Waals surface area contributed by atoms with Crippen LogP contribution in [-0.2, 0) is 23.9 Å². The van der Waals surface area contributed by atoms with Crippen molar-refractivity contribution in [2.75, 3.05) is 13.7 Å². The number of carbonyl (C=O) groups excluding carboxylic acids is 3. The van der Waals surface area contributed by atoms with E-state index >= 15 is 0 Å². The number of methoxy groups -OCH3 is 1. The minimum atomic E-state index is -1.26. The van der Waals surface area contributed by atoms with Gasteiger partial charge in [0.1, 0.15) is 12.6 Å². The van der Waals surface area contributed by atoms with E-state index in [0.717, 1.165) is 22.3 Å². The number of esters is 1. The van der Waals surface area contributed by atoms with Crippen LogP contribution < -0.4 is 10.6 Å². The number of hydrogen-bond donors (Lipinski definition) is 3. The monoisotopic (exact) mass is 468 g/mol. The maximum atomic E-state index is 12.3. The van der Waals surface area contributed by atoms with Crippen molar-refractivity contribution in [2.24, 2.45) is 0 Å². The van der Waals surface area contributed by atoms with Crippen LogP contribution in [0.3, 0.4) is 0 Å². The number of carboxylic acids is 1. The third-order valence-electron chi connectivity index (χ3n) is 5.70. The zero-order valence-corrected chi connectivity index (χ0v) is 19.1. The molecule has 0 saturated carbocycles. The van der Waals surface area contributed by atoms with Gasteiger partial charge in [0.25, 0.3) is 0 Å². The van der Waals surface area contributed by atoms with Crippen molar-refractivity contribution in [3.05, 3.63) is 59.7 Å². The SMILES string of the molecule is COC(=O)CC[C@@H](NC(=O)C[C@H](C)NC(=O)OCC1c2ccccc2-c2ccccc21)C(=O)O. The first-order valence-corrected chi connectivity index (χ1v) is 11.0. The van der Waals surface area contributed by atoms with Gasteiger partial charge >= 0.3 is 18.0 Å². The van der Waals surface area contributed by atoms with Crippen LogP contribution in [0, 0.1) is 0 Å². The Balaban J connectivity index is 1.49. The van der Waals surface area contributed by atoms with Crippen LogP contribution in [0.25, 0.3) is 11.1 Å². The number of benzene rings is 2. The first kappa shape index (κ1) is 24.8. The summed E-state index contributed by atoms with van der Waals surface area (Å²) in [6.45, 7) is 1.76. The molecule has 0 heterocycles. The predicted molar refractivity (Wildman–Crippen MR) is 123 cm³/mol. The molecular weight excluding hydrogens is 440 g/mol. The standard InChI is InChI=1S/C25H28N2O7/c1-15(13-22(28)27-21(24(30)31)11-12-23(29)33-2)26-25(32)34-14-20-18-9-5-3-7-16(18)17-8-4-6-10-19(17)20/h3-10,15,20-21H,11-14H2,1-2H3,(H,26,32)(H,27,28)(H,30,31)/t15-,21+/m0/s1. The van der Waals surface area contributed by atoms with Gasteiger partial charge in [0.05, 0.1) is 7.11 Å². The molecule has 180 valence electrons. The van der Waals surface area contributed by atoms with Crippen LogP contribution in [-0.4, -0.2) is 54.8 Å². The molecule has 2 amide bonds. The number of hydrogen-bond acceptors (Lipinski definition) is 6. The first-order chi connectivity index (χ1) is 16.3. The minimum absolute atomic E-state index is 0.0807. The number of rotatable bonds is 10. The quantitative estimate of drug-likeness (QED) is 0.457. The number of alkyl carbamates (subject to hydrolysis) is 1. The summed E-state index contributed by atoms with van der Waals surface area (Å²) in [6, 6.07) is 14.2. The molecule has 0 bridgehead atoms. The molecule has 0 spiro atoms. The van der Waals surface area contributed by atoms with Crippen molar-refractivity contribution in [1.82, 2.24) is 10.6 Å². The molecule has 0 fully saturated rings. The summed E-state index contributed by atoms with van der Waals surface area (Å²) in [5, 5.41) is 14.2. The highest BCUT2D eigenvalue weighted by Gasteiger charge is 2.29. The number of aliphatic carboxylic acids is 1. The van der Waals surface area contributed by atoms with Gasteiger partial charge in [-0.05, 0) is 35.6 Å². The summed E-state index contributed by atoms with van der Waals surface area (Å²) in [7, 11) is 1.20. The Bertz CT molecular complexity index is 1020. The first-order valence-electron chi connectivity index (χ1n) is 11.0. The molecule has 0 saturated heterocycles. The van der Waals surface area contributed by atoms with Gasteiger partial charge in [-0.2, -0.15) is 0 Å². The molecule has 3 N–H and O–H groups in total. The highest BCUT2D eigenvalue weighted by Crippen LogP contribution is 2.44. The van der Waals surface area contributed by atoms with Crippen molar-refractivity contribution in [3.8, 4) is 11.1 Å². The van der Waals surface area contributed by atoms with Crippen molar-refractivity contribution in [1.29, 1.82) is 0 Å². The van der Waals surface area contributed by atoms with Gasteiger partial charge in [-0.15, -0.1) is 0 Å². The van der Waals surface area contributed by atoms with Crippen molar-refractivity contribution >= 4 is 23.9 Å². The maximum Gasteiger partial charge on any atom is 0.407 e. The normalized spacial score (nSPS) is 13.7. The van der Waals surface area contributed by atoms with Gasteiger partial charge in [-0.1, -0.05) is 48.5 Å². The molecular formula is C25H28N2O7. The number of carbonyl (C=O) groups is 4. The summed E-state index contributed by atoms with van der Waals surface area (Å²) in [4.78, 5) is 47.1. The molecule has 9 heteroatoms. The van der Waals surface area contributed by atoms with Crippen LogP contribution in [0.4, 0.5) is 4.79 Å². The molecule has 1 aliphatic rings. The Kier molecular flexibility index (Phi) is 8.24. The van der Waals surface area contributed by atoms with E-state index in [4.69, 9.17) is 4.74 Å². The summed E-state index contributed by atoms with van der Waals surface area (Å²) in [5.74, 6) is -2.47. The third-order valence-corrected chi connectivity index (χ3v) is 5.70. The van der Waals surface area contributed by atoms with E-state index in [1.807, 2.05) is 48.5 Å². The zero-order chi connectivity index (χ0) is 24.7. The molecule has 34 heavy (non-hydrogen) atoms. The summed E-state index contributed by atoms with van der Waals surface area (Å²) in [6.07, 6.45) is -1.04. The molecule has 0 aliphatic heterocycles. The number of fused-ring (bicyclic) bond motifs is 3. The lowest BCUT2D eigenvalue weighted by Gasteiger charge is -2.18. The number of nitrogens with one attached hydrogen (secondary N) is 2. The lowest BCUT2D eigenvalue weighted by molar-refractivity contribution is -0.144. The second-order valence-electron chi connectivity index (χ2n) is 8.15. The number of amides is 2. The van der Waals surface area contributed by atoms with E-state index in [2.05, 4.69) is 15.4 Å². The van der Waals surface area contributed by atoms with Gasteiger partial charge in [0, 0.05) is 24.8 Å². The highest BCUT2D eigenvalue weighted by molar-refractivity contribution is 5.84. The molecule has 0 aromatic heterocycles. The lowest BCUT2D eigenvalue weighted by atomic mass is 9.98. The molecule has 1 aliphatic carbocycles. The molecule has 2 aromatic carbocycles. The molecule has 0 unspecified atom stereocenters. The van der Waals surface area contributed by atoms with Gasteiger partial charge in [0.2, 0.25) is 5.91 Å². The fourth-order valence-electron chi connectivity index (χ4n) is 4.05. The zero-order valence-electron chi connectivity index (χ0n) is 19.1. The smallest absolute Gasteiger partial charge is 0.407 e. The average Bonchev–Trinajstić information content (AvgIpc) is 3.13. The van der Waals surface area contributed by atoms with Crippen molar-refractivity contribution in [2.45, 2.75) is 44.2 Å². The van der Waals surface area contributed by atoms with E-state index < -0.39 is 36.0 Å². The van der Waals surface area contributed by atoms with E-state index in [-0.39, 0.29) is 31.8 Å². The minimum Gasteiger partial charge on any atom is -0.480 e. The summed E-state index contributed by atoms with van der Waals surface area (Å²) < 4.78 is 9.95. The Hall–Kier alpha value is -3.88. The van der Waals surface area contributed by atoms with Crippen LogP contribution in [0.5, 0.6) is 0 Å². The van der Waals surface area contributed by atoms with Gasteiger partial charge in [-0.3, -0.25) is 9.59 Å². The summed E-state index contributed by atoms with van der Waals surface area (Å²) >= 11 is 0. The van der Waals surface area contributed by atoms with Crippen molar-refractivity contribution in [3.63, 3.8) is 0 Å². The fraction of sp³-hybridized carbons (Fsp3) is 0.360. The van der Waals surface area contributed by atoms with Crippen LogP contribution in [0.1, 0.15) is 43.2 Å². The van der Waals surface area contributed by atoms with Crippen LogP contribution in [0.15, 0.2) is 48.5 Å². The Morgan fingerprint density at radius 2 is 1.56 bits per heavy atom. The maximum absolute atomic E-state index is 12.3. The van der Waals surface area contributed by atoms with Crippen LogP contribution in [0.2, 0.25) is 0 Å². The van der Waals surface area contributed by atoms with E-state index in [0.29, 0.717) is 0 Å². The van der Waals surface area contributed by atoms with Gasteiger partial charge in [-0.25, -0.2) is 9.59 Å².